The summed E-state index contributed by atoms with van der Waals surface area (Å²) in [4.78, 5) is 40.2. The number of carbonyl (C=O) groups is 3. The highest BCUT2D eigenvalue weighted by atomic mass is 32.1. The van der Waals surface area contributed by atoms with Gasteiger partial charge in [-0.15, -0.1) is 0 Å². The number of nitrogens with zero attached hydrogens (tertiary/aromatic N) is 2. The topological polar surface area (TPSA) is 97.4 Å². The molecule has 172 valence electrons. The summed E-state index contributed by atoms with van der Waals surface area (Å²) in [5, 5.41) is 3.15. The van der Waals surface area contributed by atoms with Crippen molar-refractivity contribution in [2.75, 3.05) is 32.8 Å². The number of nitrogens with one attached hydrogen (secondary N) is 1. The minimum atomic E-state index is -0.689. The predicted octanol–water partition coefficient (Wildman–Crippen LogP) is 2.20. The molecule has 33 heavy (non-hydrogen) atoms. The first-order valence-electron chi connectivity index (χ1n) is 10.3. The third kappa shape index (κ3) is 4.75. The van der Waals surface area contributed by atoms with E-state index in [1.807, 2.05) is 18.2 Å². The van der Waals surface area contributed by atoms with Gasteiger partial charge in [0, 0.05) is 19.3 Å². The highest BCUT2D eigenvalue weighted by Crippen LogP contribution is 2.33. The zero-order valence-electron chi connectivity index (χ0n) is 18.2. The molecule has 2 aliphatic rings. The average Bonchev–Trinajstić information content (AvgIpc) is 3.36. The molecule has 1 atom stereocenters. The zero-order valence-corrected chi connectivity index (χ0v) is 19.0. The number of esters is 1. The number of methoxy groups -OCH3 is 1. The molecule has 0 bridgehead atoms. The maximum atomic E-state index is 12.8. The zero-order chi connectivity index (χ0) is 23.5. The lowest BCUT2D eigenvalue weighted by atomic mass is 10.1. The first kappa shape index (κ1) is 22.5. The Morgan fingerprint density at radius 2 is 1.88 bits per heavy atom. The SMILES string of the molecule is COC(=O)c1ccc(NC(=O)CC2C(=O)N(C)C(=S)N2CCc2ccc3c(c2)OCO3)cc1. The van der Waals surface area contributed by atoms with Gasteiger partial charge in [0.05, 0.1) is 19.1 Å². The number of ether oxygens (including phenoxy) is 3. The van der Waals surface area contributed by atoms with Crippen molar-refractivity contribution < 1.29 is 28.6 Å². The quantitative estimate of drug-likeness (QED) is 0.487. The van der Waals surface area contributed by atoms with Crippen molar-refractivity contribution in [2.45, 2.75) is 18.9 Å². The lowest BCUT2D eigenvalue weighted by Crippen LogP contribution is -2.39. The van der Waals surface area contributed by atoms with Crippen molar-refractivity contribution in [3.63, 3.8) is 0 Å². The molecule has 0 saturated carbocycles. The van der Waals surface area contributed by atoms with E-state index in [-0.39, 0.29) is 25.0 Å². The van der Waals surface area contributed by atoms with Crippen LogP contribution in [0.2, 0.25) is 0 Å². The second-order valence-electron chi connectivity index (χ2n) is 7.65. The van der Waals surface area contributed by atoms with Crippen molar-refractivity contribution in [1.29, 1.82) is 0 Å². The van der Waals surface area contributed by atoms with Gasteiger partial charge in [-0.1, -0.05) is 6.07 Å². The van der Waals surface area contributed by atoms with Gasteiger partial charge in [0.2, 0.25) is 12.7 Å². The second kappa shape index (κ2) is 9.45. The largest absolute Gasteiger partial charge is 0.465 e. The summed E-state index contributed by atoms with van der Waals surface area (Å²) >= 11 is 5.46. The van der Waals surface area contributed by atoms with Crippen molar-refractivity contribution >= 4 is 40.8 Å². The molecule has 4 rings (SSSR count). The molecule has 0 radical (unpaired) electrons. The minimum Gasteiger partial charge on any atom is -0.465 e. The van der Waals surface area contributed by atoms with E-state index in [1.165, 1.54) is 12.0 Å². The van der Waals surface area contributed by atoms with Crippen molar-refractivity contribution in [3.8, 4) is 11.5 Å². The Hall–Kier alpha value is -3.66. The van der Waals surface area contributed by atoms with Gasteiger partial charge in [-0.2, -0.15) is 0 Å². The molecule has 2 heterocycles. The molecule has 1 fully saturated rings. The molecule has 2 amide bonds. The van der Waals surface area contributed by atoms with Crippen LogP contribution in [-0.4, -0.2) is 66.2 Å². The number of benzene rings is 2. The van der Waals surface area contributed by atoms with E-state index in [9.17, 15) is 14.4 Å². The summed E-state index contributed by atoms with van der Waals surface area (Å²) in [5.41, 5.74) is 1.90. The molecule has 10 heteroatoms. The summed E-state index contributed by atoms with van der Waals surface area (Å²) < 4.78 is 15.4. The number of thiocarbonyl (C=S) groups is 1. The third-order valence-corrected chi connectivity index (χ3v) is 6.08. The summed E-state index contributed by atoms with van der Waals surface area (Å²) in [6.45, 7) is 0.678. The van der Waals surface area contributed by atoms with Crippen LogP contribution >= 0.6 is 12.2 Å². The Kier molecular flexibility index (Phi) is 6.45. The highest BCUT2D eigenvalue weighted by Gasteiger charge is 2.41. The number of rotatable bonds is 7. The Labute approximate surface area is 196 Å². The lowest BCUT2D eigenvalue weighted by Gasteiger charge is -2.23. The van der Waals surface area contributed by atoms with Gasteiger partial charge < -0.3 is 24.4 Å². The van der Waals surface area contributed by atoms with Crippen LogP contribution in [0.25, 0.3) is 0 Å². The van der Waals surface area contributed by atoms with Crippen molar-refractivity contribution in [3.05, 3.63) is 53.6 Å². The fourth-order valence-corrected chi connectivity index (χ4v) is 4.08. The Bertz CT molecular complexity index is 1100. The molecule has 0 aromatic heterocycles. The number of amides is 2. The molecular weight excluding hydrogens is 446 g/mol. The Morgan fingerprint density at radius 3 is 2.61 bits per heavy atom. The first-order valence-corrected chi connectivity index (χ1v) is 10.7. The number of hydrogen-bond acceptors (Lipinski definition) is 7. The Balaban J connectivity index is 1.40. The fraction of sp³-hybridized carbons (Fsp3) is 0.304. The first-order chi connectivity index (χ1) is 15.9. The molecule has 0 spiro atoms. The van der Waals surface area contributed by atoms with Gasteiger partial charge in [-0.25, -0.2) is 4.79 Å². The summed E-state index contributed by atoms with van der Waals surface area (Å²) in [6.07, 6.45) is 0.564. The molecule has 2 aromatic rings. The number of likely N-dealkylation sites (N-methyl/N-ethyl adjacent to an activating group) is 1. The highest BCUT2D eigenvalue weighted by molar-refractivity contribution is 7.80. The fourth-order valence-electron chi connectivity index (χ4n) is 3.77. The number of carbonyl (C=O) groups excluding carboxylic acids is 3. The monoisotopic (exact) mass is 469 g/mol. The molecular formula is C23H23N3O6S. The maximum Gasteiger partial charge on any atom is 0.337 e. The molecule has 1 unspecified atom stereocenters. The van der Waals surface area contributed by atoms with Crippen molar-refractivity contribution in [1.82, 2.24) is 9.80 Å². The van der Waals surface area contributed by atoms with Gasteiger partial charge >= 0.3 is 5.97 Å². The maximum absolute atomic E-state index is 12.8. The average molecular weight is 470 g/mol. The van der Waals surface area contributed by atoms with Gasteiger partial charge in [0.25, 0.3) is 5.91 Å². The van der Waals surface area contributed by atoms with Crippen LogP contribution < -0.4 is 14.8 Å². The molecule has 1 saturated heterocycles. The van der Waals surface area contributed by atoms with Crippen LogP contribution in [0.4, 0.5) is 5.69 Å². The predicted molar refractivity (Wildman–Crippen MR) is 123 cm³/mol. The number of hydrogen-bond donors (Lipinski definition) is 1. The molecule has 9 nitrogen and oxygen atoms in total. The second-order valence-corrected chi connectivity index (χ2v) is 8.01. The molecule has 2 aliphatic heterocycles. The van der Waals surface area contributed by atoms with E-state index >= 15 is 0 Å². The van der Waals surface area contributed by atoms with Crippen LogP contribution in [0.1, 0.15) is 22.3 Å². The van der Waals surface area contributed by atoms with Crippen LogP contribution in [0, 0.1) is 0 Å². The summed E-state index contributed by atoms with van der Waals surface area (Å²) in [5.74, 6) is 0.393. The summed E-state index contributed by atoms with van der Waals surface area (Å²) in [6, 6.07) is 11.3. The third-order valence-electron chi connectivity index (χ3n) is 5.57. The van der Waals surface area contributed by atoms with E-state index in [0.717, 1.165) is 5.56 Å². The van der Waals surface area contributed by atoms with E-state index in [0.29, 0.717) is 40.8 Å². The lowest BCUT2D eigenvalue weighted by molar-refractivity contribution is -0.130. The van der Waals surface area contributed by atoms with Crippen LogP contribution in [-0.2, 0) is 20.7 Å². The van der Waals surface area contributed by atoms with Crippen molar-refractivity contribution in [2.24, 2.45) is 0 Å². The molecule has 0 aliphatic carbocycles. The van der Waals surface area contributed by atoms with Crippen LogP contribution in [0.15, 0.2) is 42.5 Å². The Morgan fingerprint density at radius 1 is 1.15 bits per heavy atom. The van der Waals surface area contributed by atoms with E-state index in [1.54, 1.807) is 36.2 Å². The smallest absolute Gasteiger partial charge is 0.337 e. The molecule has 1 N–H and O–H groups in total. The number of fused-ring (bicyclic) bond motifs is 1. The van der Waals surface area contributed by atoms with E-state index in [4.69, 9.17) is 21.7 Å². The van der Waals surface area contributed by atoms with Gasteiger partial charge in [-0.05, 0) is 60.6 Å². The van der Waals surface area contributed by atoms with Gasteiger partial charge in [0.1, 0.15) is 6.04 Å². The summed E-state index contributed by atoms with van der Waals surface area (Å²) in [7, 11) is 2.91. The molecule has 2 aromatic carbocycles. The van der Waals surface area contributed by atoms with Gasteiger partial charge in [0.15, 0.2) is 16.6 Å². The van der Waals surface area contributed by atoms with Crippen LogP contribution in [0.5, 0.6) is 11.5 Å². The minimum absolute atomic E-state index is 0.0524. The van der Waals surface area contributed by atoms with E-state index < -0.39 is 12.0 Å². The standard InChI is InChI=1S/C23H23N3O6S/c1-25-21(28)17(12-20(27)24-16-6-4-15(5-7-16)22(29)30-2)26(23(25)33)10-9-14-3-8-18-19(11-14)32-13-31-18/h3-8,11,17H,9-10,12-13H2,1-2H3,(H,24,27). The van der Waals surface area contributed by atoms with Gasteiger partial charge in [-0.3, -0.25) is 14.5 Å². The van der Waals surface area contributed by atoms with Crippen LogP contribution in [0.3, 0.4) is 0 Å². The normalized spacial score (nSPS) is 16.8. The van der Waals surface area contributed by atoms with E-state index in [2.05, 4.69) is 10.1 Å². The number of anilines is 1.